The smallest absolute Gasteiger partial charge is 0.0609 e. The lowest BCUT2D eigenvalue weighted by atomic mass is 9.81. The number of benzene rings is 1. The van der Waals surface area contributed by atoms with Crippen molar-refractivity contribution in [3.05, 3.63) is 35.9 Å². The fraction of sp³-hybridized carbons (Fsp3) is 0.600. The number of aliphatic hydroxyl groups is 1. The van der Waals surface area contributed by atoms with Crippen LogP contribution in [0.2, 0.25) is 0 Å². The van der Waals surface area contributed by atoms with E-state index in [0.717, 1.165) is 6.54 Å². The number of aliphatic hydroxyl groups excluding tert-OH is 1. The molecule has 3 N–H and O–H groups in total. The van der Waals surface area contributed by atoms with Crippen molar-refractivity contribution in [2.24, 2.45) is 5.73 Å². The van der Waals surface area contributed by atoms with Gasteiger partial charge in [-0.25, -0.2) is 0 Å². The molecular weight excluding hydrogens is 224 g/mol. The van der Waals surface area contributed by atoms with Gasteiger partial charge in [0.2, 0.25) is 0 Å². The van der Waals surface area contributed by atoms with Crippen LogP contribution in [-0.4, -0.2) is 42.3 Å². The van der Waals surface area contributed by atoms with E-state index in [0.29, 0.717) is 6.54 Å². The lowest BCUT2D eigenvalue weighted by molar-refractivity contribution is 0.0629. The zero-order chi connectivity index (χ0) is 13.8. The minimum atomic E-state index is -0.231. The Balaban J connectivity index is 2.91. The summed E-state index contributed by atoms with van der Waals surface area (Å²) < 4.78 is 0. The van der Waals surface area contributed by atoms with Gasteiger partial charge in [0, 0.05) is 24.0 Å². The monoisotopic (exact) mass is 250 g/mol. The summed E-state index contributed by atoms with van der Waals surface area (Å²) in [7, 11) is 2.03. The highest BCUT2D eigenvalue weighted by molar-refractivity contribution is 5.25. The Morgan fingerprint density at radius 3 is 2.17 bits per heavy atom. The molecule has 0 spiro atoms. The molecule has 1 rings (SSSR count). The first-order valence-corrected chi connectivity index (χ1v) is 6.43. The molecule has 0 aliphatic rings. The normalized spacial score (nSPS) is 15.7. The predicted molar refractivity (Wildman–Crippen MR) is 76.6 cm³/mol. The largest absolute Gasteiger partial charge is 0.394 e. The maximum absolute atomic E-state index is 9.43. The van der Waals surface area contributed by atoms with E-state index in [1.165, 1.54) is 5.56 Å². The van der Waals surface area contributed by atoms with Crippen LogP contribution in [0, 0.1) is 0 Å². The standard InChI is InChI=1S/C15H26N2O/c1-14(2,12-18)17(4)11-15(3,10-16)13-8-6-5-7-9-13/h5-9,18H,10-12,16H2,1-4H3. The van der Waals surface area contributed by atoms with Crippen LogP contribution in [0.3, 0.4) is 0 Å². The Morgan fingerprint density at radius 2 is 1.72 bits per heavy atom. The first kappa shape index (κ1) is 15.2. The third-order valence-corrected chi connectivity index (χ3v) is 3.93. The minimum Gasteiger partial charge on any atom is -0.394 e. The summed E-state index contributed by atoms with van der Waals surface area (Å²) in [5.41, 5.74) is 6.90. The Labute approximate surface area is 111 Å². The maximum atomic E-state index is 9.43. The Bertz CT molecular complexity index is 364. The fourth-order valence-corrected chi connectivity index (χ4v) is 1.97. The molecule has 0 aromatic heterocycles. The van der Waals surface area contributed by atoms with Gasteiger partial charge in [0.05, 0.1) is 6.61 Å². The van der Waals surface area contributed by atoms with E-state index >= 15 is 0 Å². The van der Waals surface area contributed by atoms with Crippen molar-refractivity contribution in [2.75, 3.05) is 26.7 Å². The fourth-order valence-electron chi connectivity index (χ4n) is 1.97. The highest BCUT2D eigenvalue weighted by Crippen LogP contribution is 2.26. The van der Waals surface area contributed by atoms with Crippen LogP contribution in [0.15, 0.2) is 30.3 Å². The van der Waals surface area contributed by atoms with Gasteiger partial charge in [-0.3, -0.25) is 4.90 Å². The van der Waals surface area contributed by atoms with E-state index in [9.17, 15) is 5.11 Å². The molecule has 0 fully saturated rings. The summed E-state index contributed by atoms with van der Waals surface area (Å²) in [5.74, 6) is 0. The number of hydrogen-bond donors (Lipinski definition) is 2. The molecular formula is C15H26N2O. The molecule has 0 aliphatic heterocycles. The van der Waals surface area contributed by atoms with Gasteiger partial charge in [-0.15, -0.1) is 0 Å². The zero-order valence-electron chi connectivity index (χ0n) is 12.0. The third kappa shape index (κ3) is 3.31. The van der Waals surface area contributed by atoms with Crippen LogP contribution in [-0.2, 0) is 5.41 Å². The van der Waals surface area contributed by atoms with E-state index in [1.54, 1.807) is 0 Å². The molecule has 1 aromatic carbocycles. The Hall–Kier alpha value is -0.900. The zero-order valence-corrected chi connectivity index (χ0v) is 12.0. The van der Waals surface area contributed by atoms with Crippen molar-refractivity contribution in [3.63, 3.8) is 0 Å². The second kappa shape index (κ2) is 5.83. The quantitative estimate of drug-likeness (QED) is 0.806. The summed E-state index contributed by atoms with van der Waals surface area (Å²) in [6, 6.07) is 10.3. The molecule has 1 unspecified atom stereocenters. The summed E-state index contributed by atoms with van der Waals surface area (Å²) in [6.07, 6.45) is 0. The van der Waals surface area contributed by atoms with Gasteiger partial charge in [-0.05, 0) is 26.5 Å². The number of hydrogen-bond acceptors (Lipinski definition) is 3. The molecule has 3 heteroatoms. The van der Waals surface area contributed by atoms with Crippen molar-refractivity contribution in [1.82, 2.24) is 4.90 Å². The molecule has 0 aliphatic carbocycles. The van der Waals surface area contributed by atoms with Crippen molar-refractivity contribution in [2.45, 2.75) is 31.7 Å². The van der Waals surface area contributed by atoms with Gasteiger partial charge in [0.1, 0.15) is 0 Å². The predicted octanol–water partition coefficient (Wildman–Crippen LogP) is 1.61. The van der Waals surface area contributed by atoms with Gasteiger partial charge >= 0.3 is 0 Å². The SMILES string of the molecule is CN(CC(C)(CN)c1ccccc1)C(C)(C)CO. The van der Waals surface area contributed by atoms with Gasteiger partial charge in [-0.2, -0.15) is 0 Å². The summed E-state index contributed by atoms with van der Waals surface area (Å²) in [6.45, 7) is 7.79. The molecule has 18 heavy (non-hydrogen) atoms. The van der Waals surface area contributed by atoms with Crippen LogP contribution in [0.25, 0.3) is 0 Å². The molecule has 1 aromatic rings. The summed E-state index contributed by atoms with van der Waals surface area (Å²) in [5, 5.41) is 9.43. The average molecular weight is 250 g/mol. The van der Waals surface area contributed by atoms with Crippen molar-refractivity contribution in [1.29, 1.82) is 0 Å². The van der Waals surface area contributed by atoms with E-state index in [4.69, 9.17) is 5.73 Å². The molecule has 0 saturated carbocycles. The van der Waals surface area contributed by atoms with Gasteiger partial charge in [-0.1, -0.05) is 37.3 Å². The second-order valence-corrected chi connectivity index (χ2v) is 5.96. The lowest BCUT2D eigenvalue weighted by Gasteiger charge is -2.41. The Kier molecular flexibility index (Phi) is 4.91. The molecule has 0 bridgehead atoms. The number of nitrogens with two attached hydrogens (primary N) is 1. The van der Waals surface area contributed by atoms with E-state index < -0.39 is 0 Å². The first-order valence-electron chi connectivity index (χ1n) is 6.43. The van der Waals surface area contributed by atoms with Crippen LogP contribution < -0.4 is 5.73 Å². The highest BCUT2D eigenvalue weighted by atomic mass is 16.3. The molecule has 0 amide bonds. The van der Waals surface area contributed by atoms with Crippen molar-refractivity contribution in [3.8, 4) is 0 Å². The minimum absolute atomic E-state index is 0.0948. The topological polar surface area (TPSA) is 49.5 Å². The van der Waals surface area contributed by atoms with Crippen LogP contribution in [0.5, 0.6) is 0 Å². The second-order valence-electron chi connectivity index (χ2n) is 5.96. The molecule has 102 valence electrons. The van der Waals surface area contributed by atoms with Crippen LogP contribution in [0.4, 0.5) is 0 Å². The van der Waals surface area contributed by atoms with Gasteiger partial charge < -0.3 is 10.8 Å². The third-order valence-electron chi connectivity index (χ3n) is 3.93. The highest BCUT2D eigenvalue weighted by Gasteiger charge is 2.32. The van der Waals surface area contributed by atoms with Gasteiger partial charge in [0.25, 0.3) is 0 Å². The molecule has 1 atom stereocenters. The first-order chi connectivity index (χ1) is 8.35. The Morgan fingerprint density at radius 1 is 1.17 bits per heavy atom. The van der Waals surface area contributed by atoms with Crippen LogP contribution in [0.1, 0.15) is 26.3 Å². The molecule has 0 radical (unpaired) electrons. The van der Waals surface area contributed by atoms with Crippen molar-refractivity contribution < 1.29 is 5.11 Å². The van der Waals surface area contributed by atoms with E-state index in [2.05, 4.69) is 24.0 Å². The summed E-state index contributed by atoms with van der Waals surface area (Å²) >= 11 is 0. The number of nitrogens with zero attached hydrogens (tertiary/aromatic N) is 1. The molecule has 0 heterocycles. The van der Waals surface area contributed by atoms with Gasteiger partial charge in [0.15, 0.2) is 0 Å². The molecule has 0 saturated heterocycles. The van der Waals surface area contributed by atoms with E-state index in [1.807, 2.05) is 39.1 Å². The summed E-state index contributed by atoms with van der Waals surface area (Å²) in [4.78, 5) is 2.17. The maximum Gasteiger partial charge on any atom is 0.0609 e. The van der Waals surface area contributed by atoms with Crippen LogP contribution >= 0.6 is 0 Å². The van der Waals surface area contributed by atoms with Crippen molar-refractivity contribution >= 4 is 0 Å². The molecule has 3 nitrogen and oxygen atoms in total. The number of likely N-dealkylation sites (N-methyl/N-ethyl adjacent to an activating group) is 1. The average Bonchev–Trinajstić information content (AvgIpc) is 2.39. The number of rotatable bonds is 6. The lowest BCUT2D eigenvalue weighted by Crippen LogP contribution is -2.52. The van der Waals surface area contributed by atoms with E-state index in [-0.39, 0.29) is 17.6 Å².